The van der Waals surface area contributed by atoms with Crippen molar-refractivity contribution >= 4 is 17.2 Å². The van der Waals surface area contributed by atoms with Crippen LogP contribution in [0.15, 0.2) is 42.7 Å². The topological polar surface area (TPSA) is 83.1 Å². The Labute approximate surface area is 120 Å². The van der Waals surface area contributed by atoms with Crippen LogP contribution in [0.4, 0.5) is 5.69 Å². The predicted molar refractivity (Wildman–Crippen MR) is 76.8 cm³/mol. The first kappa shape index (κ1) is 12.8. The molecule has 6 heteroatoms. The van der Waals surface area contributed by atoms with Crippen molar-refractivity contribution in [2.24, 2.45) is 0 Å². The molecule has 3 rings (SSSR count). The van der Waals surface area contributed by atoms with Crippen molar-refractivity contribution in [1.82, 2.24) is 14.6 Å². The average Bonchev–Trinajstić information content (AvgIpc) is 2.83. The van der Waals surface area contributed by atoms with Crippen molar-refractivity contribution in [2.75, 3.05) is 5.32 Å². The third-order valence-corrected chi connectivity index (χ3v) is 3.07. The van der Waals surface area contributed by atoms with Gasteiger partial charge in [-0.05, 0) is 37.3 Å². The Balaban J connectivity index is 1.93. The Morgan fingerprint density at radius 3 is 2.81 bits per heavy atom. The molecule has 0 unspecified atom stereocenters. The molecule has 102 valence electrons. The van der Waals surface area contributed by atoms with Crippen LogP contribution in [0, 0.1) is 18.3 Å². The summed E-state index contributed by atoms with van der Waals surface area (Å²) in [6.07, 6.45) is 3.36. The lowest BCUT2D eigenvalue weighted by Crippen LogP contribution is -2.13. The van der Waals surface area contributed by atoms with E-state index in [1.54, 1.807) is 54.2 Å². The largest absolute Gasteiger partial charge is 0.322 e. The van der Waals surface area contributed by atoms with E-state index < -0.39 is 0 Å². The molecule has 0 spiro atoms. The summed E-state index contributed by atoms with van der Waals surface area (Å²) in [6, 6.07) is 10.5. The van der Waals surface area contributed by atoms with Gasteiger partial charge in [-0.1, -0.05) is 0 Å². The molecule has 0 saturated carbocycles. The van der Waals surface area contributed by atoms with E-state index in [0.29, 0.717) is 28.2 Å². The maximum Gasteiger partial charge on any atom is 0.261 e. The fourth-order valence-electron chi connectivity index (χ4n) is 2.08. The lowest BCUT2D eigenvalue weighted by molar-refractivity contribution is 0.102. The molecule has 3 aromatic rings. The van der Waals surface area contributed by atoms with Crippen LogP contribution in [-0.2, 0) is 0 Å². The number of rotatable bonds is 2. The monoisotopic (exact) mass is 277 g/mol. The van der Waals surface area contributed by atoms with Crippen LogP contribution in [-0.4, -0.2) is 20.5 Å². The highest BCUT2D eigenvalue weighted by atomic mass is 16.1. The molecule has 1 N–H and O–H groups in total. The molecular weight excluding hydrogens is 266 g/mol. The SMILES string of the molecule is Cc1nn2cccnc2c1C(=O)Nc1ccc(C#N)cc1. The summed E-state index contributed by atoms with van der Waals surface area (Å²) in [4.78, 5) is 16.6. The highest BCUT2D eigenvalue weighted by Crippen LogP contribution is 2.16. The van der Waals surface area contributed by atoms with Crippen LogP contribution in [0.1, 0.15) is 21.6 Å². The number of hydrogen-bond acceptors (Lipinski definition) is 4. The number of nitrogens with zero attached hydrogens (tertiary/aromatic N) is 4. The van der Waals surface area contributed by atoms with Crippen LogP contribution in [0.3, 0.4) is 0 Å². The number of benzene rings is 1. The zero-order valence-corrected chi connectivity index (χ0v) is 11.2. The molecule has 21 heavy (non-hydrogen) atoms. The number of nitrogens with one attached hydrogen (secondary N) is 1. The summed E-state index contributed by atoms with van der Waals surface area (Å²) < 4.78 is 1.57. The van der Waals surface area contributed by atoms with Gasteiger partial charge in [0.1, 0.15) is 5.56 Å². The molecule has 1 aromatic carbocycles. The summed E-state index contributed by atoms with van der Waals surface area (Å²) in [5.41, 5.74) is 2.73. The zero-order valence-electron chi connectivity index (χ0n) is 11.2. The second kappa shape index (κ2) is 5.06. The molecule has 2 heterocycles. The van der Waals surface area contributed by atoms with E-state index in [9.17, 15) is 4.79 Å². The number of carbonyl (C=O) groups excluding carboxylic acids is 1. The van der Waals surface area contributed by atoms with Gasteiger partial charge in [0, 0.05) is 18.1 Å². The normalized spacial score (nSPS) is 10.3. The summed E-state index contributed by atoms with van der Waals surface area (Å²) >= 11 is 0. The molecule has 6 nitrogen and oxygen atoms in total. The minimum absolute atomic E-state index is 0.272. The van der Waals surface area contributed by atoms with Gasteiger partial charge in [0.15, 0.2) is 5.65 Å². The first-order valence-electron chi connectivity index (χ1n) is 6.30. The van der Waals surface area contributed by atoms with Crippen LogP contribution in [0.5, 0.6) is 0 Å². The maximum atomic E-state index is 12.4. The molecule has 0 saturated heterocycles. The standard InChI is InChI=1S/C15H11N5O/c1-10-13(14-17-7-2-8-20(14)19-10)15(21)18-12-5-3-11(9-16)4-6-12/h2-8H,1H3,(H,18,21). The summed E-state index contributed by atoms with van der Waals surface area (Å²) in [5, 5.41) is 15.8. The van der Waals surface area contributed by atoms with Gasteiger partial charge < -0.3 is 5.32 Å². The lowest BCUT2D eigenvalue weighted by Gasteiger charge is -2.04. The molecule has 1 amide bonds. The van der Waals surface area contributed by atoms with Gasteiger partial charge in [-0.15, -0.1) is 0 Å². The van der Waals surface area contributed by atoms with Crippen LogP contribution in [0.2, 0.25) is 0 Å². The van der Waals surface area contributed by atoms with Crippen LogP contribution in [0.25, 0.3) is 5.65 Å². The second-order valence-corrected chi connectivity index (χ2v) is 4.49. The van der Waals surface area contributed by atoms with E-state index in [1.165, 1.54) is 0 Å². The molecule has 0 atom stereocenters. The molecular formula is C15H11N5O. The van der Waals surface area contributed by atoms with Crippen molar-refractivity contribution in [3.63, 3.8) is 0 Å². The minimum Gasteiger partial charge on any atom is -0.322 e. The quantitative estimate of drug-likeness (QED) is 0.778. The van der Waals surface area contributed by atoms with Gasteiger partial charge in [-0.3, -0.25) is 4.79 Å². The van der Waals surface area contributed by atoms with E-state index in [-0.39, 0.29) is 5.91 Å². The van der Waals surface area contributed by atoms with Gasteiger partial charge >= 0.3 is 0 Å². The summed E-state index contributed by atoms with van der Waals surface area (Å²) in [6.45, 7) is 1.77. The Morgan fingerprint density at radius 2 is 2.10 bits per heavy atom. The van der Waals surface area contributed by atoms with E-state index in [1.807, 2.05) is 6.07 Å². The van der Waals surface area contributed by atoms with Crippen molar-refractivity contribution in [1.29, 1.82) is 5.26 Å². The van der Waals surface area contributed by atoms with E-state index in [2.05, 4.69) is 15.4 Å². The van der Waals surface area contributed by atoms with E-state index in [0.717, 1.165) is 0 Å². The summed E-state index contributed by atoms with van der Waals surface area (Å²) in [5.74, 6) is -0.272. The van der Waals surface area contributed by atoms with Gasteiger partial charge in [0.25, 0.3) is 5.91 Å². The van der Waals surface area contributed by atoms with Gasteiger partial charge in [0.2, 0.25) is 0 Å². The first-order chi connectivity index (χ1) is 10.2. The van der Waals surface area contributed by atoms with Crippen molar-refractivity contribution in [2.45, 2.75) is 6.92 Å². The average molecular weight is 277 g/mol. The fourth-order valence-corrected chi connectivity index (χ4v) is 2.08. The van der Waals surface area contributed by atoms with Crippen LogP contribution < -0.4 is 5.32 Å². The molecule has 2 aromatic heterocycles. The summed E-state index contributed by atoms with van der Waals surface area (Å²) in [7, 11) is 0. The van der Waals surface area contributed by atoms with Crippen LogP contribution >= 0.6 is 0 Å². The Morgan fingerprint density at radius 1 is 1.33 bits per heavy atom. The van der Waals surface area contributed by atoms with Gasteiger partial charge in [0.05, 0.1) is 17.3 Å². The van der Waals surface area contributed by atoms with E-state index in [4.69, 9.17) is 5.26 Å². The highest BCUT2D eigenvalue weighted by Gasteiger charge is 2.18. The van der Waals surface area contributed by atoms with E-state index >= 15 is 0 Å². The molecule has 0 aliphatic carbocycles. The Hall–Kier alpha value is -3.20. The third kappa shape index (κ3) is 2.32. The first-order valence-corrected chi connectivity index (χ1v) is 6.30. The fraction of sp³-hybridized carbons (Fsp3) is 0.0667. The van der Waals surface area contributed by atoms with Gasteiger partial charge in [-0.2, -0.15) is 10.4 Å². The second-order valence-electron chi connectivity index (χ2n) is 4.49. The number of carbonyl (C=O) groups is 1. The lowest BCUT2D eigenvalue weighted by atomic mass is 10.2. The smallest absolute Gasteiger partial charge is 0.261 e. The van der Waals surface area contributed by atoms with Gasteiger partial charge in [-0.25, -0.2) is 9.50 Å². The number of hydrogen-bond donors (Lipinski definition) is 1. The predicted octanol–water partition coefficient (Wildman–Crippen LogP) is 2.16. The molecule has 0 bridgehead atoms. The molecule has 0 fully saturated rings. The number of aromatic nitrogens is 3. The number of amides is 1. The number of nitriles is 1. The number of fused-ring (bicyclic) bond motifs is 1. The van der Waals surface area contributed by atoms with Crippen molar-refractivity contribution in [3.8, 4) is 6.07 Å². The third-order valence-electron chi connectivity index (χ3n) is 3.07. The number of anilines is 1. The Kier molecular flexibility index (Phi) is 3.09. The Bertz CT molecular complexity index is 858. The molecule has 0 aliphatic heterocycles. The zero-order chi connectivity index (χ0) is 14.8. The maximum absolute atomic E-state index is 12.4. The number of aryl methyl sites for hydroxylation is 1. The highest BCUT2D eigenvalue weighted by molar-refractivity contribution is 6.09. The van der Waals surface area contributed by atoms with Crippen molar-refractivity contribution in [3.05, 3.63) is 59.5 Å². The molecule has 0 radical (unpaired) electrons. The molecule has 0 aliphatic rings. The minimum atomic E-state index is -0.272. The van der Waals surface area contributed by atoms with Crippen molar-refractivity contribution < 1.29 is 4.79 Å².